The van der Waals surface area contributed by atoms with Crippen LogP contribution in [0, 0.1) is 5.92 Å². The van der Waals surface area contributed by atoms with E-state index in [0.717, 1.165) is 0 Å². The predicted molar refractivity (Wildman–Crippen MR) is 60.7 cm³/mol. The molecule has 2 atom stereocenters. The standard InChI is InChI=1S/C10H13N5O2/c1-6(10(16)17)7(2)13-8-9-14-12-5-15(9)4-3-11-8/h3-7H,1-2H3,(H,11,13)(H,16,17). The van der Waals surface area contributed by atoms with Crippen molar-refractivity contribution in [1.82, 2.24) is 19.6 Å². The van der Waals surface area contributed by atoms with Crippen LogP contribution in [0.5, 0.6) is 0 Å². The summed E-state index contributed by atoms with van der Waals surface area (Å²) in [6, 6.07) is -0.247. The first-order valence-corrected chi connectivity index (χ1v) is 5.23. The van der Waals surface area contributed by atoms with E-state index >= 15 is 0 Å². The van der Waals surface area contributed by atoms with E-state index < -0.39 is 11.9 Å². The summed E-state index contributed by atoms with van der Waals surface area (Å²) in [4.78, 5) is 15.0. The van der Waals surface area contributed by atoms with Gasteiger partial charge in [0, 0.05) is 18.4 Å². The summed E-state index contributed by atoms with van der Waals surface area (Å²) in [6.45, 7) is 3.43. The Kier molecular flexibility index (Phi) is 2.90. The number of hydrogen-bond acceptors (Lipinski definition) is 5. The van der Waals surface area contributed by atoms with Crippen LogP contribution in [-0.2, 0) is 4.79 Å². The highest BCUT2D eigenvalue weighted by atomic mass is 16.4. The third-order valence-electron chi connectivity index (χ3n) is 2.72. The fourth-order valence-electron chi connectivity index (χ4n) is 1.41. The maximum atomic E-state index is 10.9. The van der Waals surface area contributed by atoms with Crippen molar-refractivity contribution in [3.05, 3.63) is 18.7 Å². The first-order chi connectivity index (χ1) is 8.09. The van der Waals surface area contributed by atoms with Crippen LogP contribution in [0.2, 0.25) is 0 Å². The molecule has 90 valence electrons. The molecule has 2 heterocycles. The highest BCUT2D eigenvalue weighted by molar-refractivity contribution is 5.71. The average Bonchev–Trinajstić information content (AvgIpc) is 2.76. The molecular formula is C10H13N5O2. The molecule has 0 bridgehead atoms. The lowest BCUT2D eigenvalue weighted by molar-refractivity contribution is -0.141. The Morgan fingerprint density at radius 3 is 3.00 bits per heavy atom. The normalized spacial score (nSPS) is 14.5. The summed E-state index contributed by atoms with van der Waals surface area (Å²) in [5.74, 6) is -0.830. The zero-order valence-electron chi connectivity index (χ0n) is 9.53. The van der Waals surface area contributed by atoms with Crippen LogP contribution >= 0.6 is 0 Å². The van der Waals surface area contributed by atoms with Crippen molar-refractivity contribution in [2.45, 2.75) is 19.9 Å². The number of aliphatic carboxylic acids is 1. The quantitative estimate of drug-likeness (QED) is 0.808. The van der Waals surface area contributed by atoms with Gasteiger partial charge in [0.1, 0.15) is 6.33 Å². The molecule has 0 saturated heterocycles. The molecule has 17 heavy (non-hydrogen) atoms. The first-order valence-electron chi connectivity index (χ1n) is 5.23. The summed E-state index contributed by atoms with van der Waals surface area (Å²) in [5, 5.41) is 19.6. The number of nitrogens with zero attached hydrogens (tertiary/aromatic N) is 4. The lowest BCUT2D eigenvalue weighted by Gasteiger charge is -2.18. The van der Waals surface area contributed by atoms with Gasteiger partial charge in [-0.3, -0.25) is 9.20 Å². The molecule has 2 unspecified atom stereocenters. The number of nitrogens with one attached hydrogen (secondary N) is 1. The monoisotopic (exact) mass is 235 g/mol. The minimum Gasteiger partial charge on any atom is -0.481 e. The van der Waals surface area contributed by atoms with Crippen molar-refractivity contribution < 1.29 is 9.90 Å². The van der Waals surface area contributed by atoms with Gasteiger partial charge < -0.3 is 10.4 Å². The van der Waals surface area contributed by atoms with Gasteiger partial charge in [0.25, 0.3) is 0 Å². The van der Waals surface area contributed by atoms with Gasteiger partial charge in [-0.15, -0.1) is 10.2 Å². The Labute approximate surface area is 97.5 Å². The number of aromatic nitrogens is 4. The molecule has 2 aromatic rings. The maximum absolute atomic E-state index is 10.9. The average molecular weight is 235 g/mol. The SMILES string of the molecule is CC(Nc1nccn2cnnc12)C(C)C(=O)O. The Morgan fingerprint density at radius 2 is 2.29 bits per heavy atom. The van der Waals surface area contributed by atoms with E-state index in [1.54, 1.807) is 37.0 Å². The smallest absolute Gasteiger partial charge is 0.308 e. The van der Waals surface area contributed by atoms with Crippen LogP contribution in [0.4, 0.5) is 5.82 Å². The number of fused-ring (bicyclic) bond motifs is 1. The molecule has 7 nitrogen and oxygen atoms in total. The van der Waals surface area contributed by atoms with Gasteiger partial charge in [0.2, 0.25) is 5.65 Å². The second-order valence-electron chi connectivity index (χ2n) is 3.90. The van der Waals surface area contributed by atoms with E-state index in [4.69, 9.17) is 5.11 Å². The second-order valence-corrected chi connectivity index (χ2v) is 3.90. The van der Waals surface area contributed by atoms with E-state index in [1.807, 2.05) is 0 Å². The zero-order valence-corrected chi connectivity index (χ0v) is 9.53. The Morgan fingerprint density at radius 1 is 1.53 bits per heavy atom. The molecule has 2 N–H and O–H groups in total. The number of anilines is 1. The fraction of sp³-hybridized carbons (Fsp3) is 0.400. The molecule has 0 aliphatic carbocycles. The van der Waals surface area contributed by atoms with Crippen molar-refractivity contribution in [1.29, 1.82) is 0 Å². The molecule has 7 heteroatoms. The molecule has 2 aromatic heterocycles. The largest absolute Gasteiger partial charge is 0.481 e. The van der Waals surface area contributed by atoms with E-state index in [9.17, 15) is 4.79 Å². The van der Waals surface area contributed by atoms with Crippen LogP contribution in [0.15, 0.2) is 18.7 Å². The minimum absolute atomic E-state index is 0.247. The van der Waals surface area contributed by atoms with E-state index in [-0.39, 0.29) is 6.04 Å². The molecule has 0 radical (unpaired) electrons. The van der Waals surface area contributed by atoms with Crippen molar-refractivity contribution in [3.63, 3.8) is 0 Å². The third kappa shape index (κ3) is 2.17. The molecule has 2 rings (SSSR count). The Balaban J connectivity index is 2.23. The van der Waals surface area contributed by atoms with Gasteiger partial charge in [-0.1, -0.05) is 0 Å². The third-order valence-corrected chi connectivity index (χ3v) is 2.72. The van der Waals surface area contributed by atoms with Gasteiger partial charge in [-0.25, -0.2) is 4.98 Å². The van der Waals surface area contributed by atoms with Crippen molar-refractivity contribution >= 4 is 17.4 Å². The molecule has 0 saturated carbocycles. The highest BCUT2D eigenvalue weighted by Crippen LogP contribution is 2.14. The Hall–Kier alpha value is -2.18. The van der Waals surface area contributed by atoms with Crippen LogP contribution in [-0.4, -0.2) is 36.7 Å². The lowest BCUT2D eigenvalue weighted by Crippen LogP contribution is -2.30. The van der Waals surface area contributed by atoms with Crippen LogP contribution in [0.3, 0.4) is 0 Å². The molecule has 0 spiro atoms. The van der Waals surface area contributed by atoms with E-state index in [0.29, 0.717) is 11.5 Å². The van der Waals surface area contributed by atoms with Crippen molar-refractivity contribution in [2.75, 3.05) is 5.32 Å². The Bertz CT molecular complexity index is 538. The zero-order chi connectivity index (χ0) is 12.4. The summed E-state index contributed by atoms with van der Waals surface area (Å²) in [6.07, 6.45) is 4.90. The number of carboxylic acids is 1. The molecule has 0 aliphatic heterocycles. The summed E-state index contributed by atoms with van der Waals surface area (Å²) < 4.78 is 1.72. The van der Waals surface area contributed by atoms with E-state index in [1.165, 1.54) is 0 Å². The van der Waals surface area contributed by atoms with E-state index in [2.05, 4.69) is 20.5 Å². The molecule has 0 aromatic carbocycles. The van der Waals surface area contributed by atoms with Crippen LogP contribution in [0.1, 0.15) is 13.8 Å². The molecular weight excluding hydrogens is 222 g/mol. The van der Waals surface area contributed by atoms with Gasteiger partial charge in [-0.2, -0.15) is 0 Å². The minimum atomic E-state index is -0.849. The maximum Gasteiger partial charge on any atom is 0.308 e. The van der Waals surface area contributed by atoms with Gasteiger partial charge in [-0.05, 0) is 13.8 Å². The van der Waals surface area contributed by atoms with Crippen molar-refractivity contribution in [3.8, 4) is 0 Å². The van der Waals surface area contributed by atoms with Crippen molar-refractivity contribution in [2.24, 2.45) is 5.92 Å². The fourth-order valence-corrected chi connectivity index (χ4v) is 1.41. The highest BCUT2D eigenvalue weighted by Gasteiger charge is 2.20. The van der Waals surface area contributed by atoms with Gasteiger partial charge in [0.05, 0.1) is 5.92 Å². The lowest BCUT2D eigenvalue weighted by atomic mass is 10.0. The van der Waals surface area contributed by atoms with Crippen LogP contribution in [0.25, 0.3) is 5.65 Å². The molecule has 0 aliphatic rings. The number of rotatable bonds is 4. The first kappa shape index (κ1) is 11.3. The number of carbonyl (C=O) groups is 1. The summed E-state index contributed by atoms with van der Waals surface area (Å²) in [7, 11) is 0. The molecule has 0 fully saturated rings. The van der Waals surface area contributed by atoms with Crippen LogP contribution < -0.4 is 5.32 Å². The predicted octanol–water partition coefficient (Wildman–Crippen LogP) is 0.645. The molecule has 0 amide bonds. The van der Waals surface area contributed by atoms with Gasteiger partial charge >= 0.3 is 5.97 Å². The summed E-state index contributed by atoms with van der Waals surface area (Å²) >= 11 is 0. The number of hydrogen-bond donors (Lipinski definition) is 2. The summed E-state index contributed by atoms with van der Waals surface area (Å²) in [5.41, 5.74) is 0.580. The topological polar surface area (TPSA) is 92.4 Å². The second kappa shape index (κ2) is 4.36. The number of carboxylic acid groups (broad SMARTS) is 1. The van der Waals surface area contributed by atoms with Gasteiger partial charge in [0.15, 0.2) is 5.82 Å².